The molecule has 1 atom stereocenters. The third-order valence-electron chi connectivity index (χ3n) is 2.24. The average molecular weight is 286 g/mol. The molecule has 0 saturated heterocycles. The third kappa shape index (κ3) is 11.4. The van der Waals surface area contributed by atoms with Gasteiger partial charge < -0.3 is 22.1 Å². The Morgan fingerprint density at radius 2 is 1.35 bits per heavy atom. The Morgan fingerprint density at radius 3 is 1.40 bits per heavy atom. The molecule has 0 saturated carbocycles. The molecule has 0 bridgehead atoms. The highest BCUT2D eigenvalue weighted by molar-refractivity contribution is 5.93. The smallest absolute Gasteiger partial charge is 0.250 e. The van der Waals surface area contributed by atoms with E-state index in [4.69, 9.17) is 11.5 Å². The number of hydrogen-bond donors (Lipinski definition) is 3. The fourth-order valence-corrected chi connectivity index (χ4v) is 0.766. The summed E-state index contributed by atoms with van der Waals surface area (Å²) in [6, 6.07) is -0.255. The zero-order valence-corrected chi connectivity index (χ0v) is 13.6. The summed E-state index contributed by atoms with van der Waals surface area (Å²) < 4.78 is 0. The van der Waals surface area contributed by atoms with Gasteiger partial charge in [0, 0.05) is 31.3 Å². The number of carbonyl (C=O) groups excluding carboxylic acids is 2. The quantitative estimate of drug-likeness (QED) is 0.642. The standard InChI is InChI=1S/C7H14N2O.C6H11NO.CH5N/c1-5(6(2)8)7(10)9(3)4;1-4(2)5(3)6(7)8;1-2/h6H,1,8H2,2-4H3;4H,3H2,1-2H3,(H2,7,8);2H2,1H3. The Morgan fingerprint density at radius 1 is 1.00 bits per heavy atom. The van der Waals surface area contributed by atoms with Gasteiger partial charge in [0.25, 0.3) is 0 Å². The first-order chi connectivity index (χ1) is 9.02. The van der Waals surface area contributed by atoms with Crippen molar-refractivity contribution in [3.63, 3.8) is 0 Å². The molecule has 0 radical (unpaired) electrons. The van der Waals surface area contributed by atoms with Crippen LogP contribution >= 0.6 is 0 Å². The predicted octanol–water partition coefficient (Wildman–Crippen LogP) is 0.237. The van der Waals surface area contributed by atoms with Gasteiger partial charge >= 0.3 is 0 Å². The number of carbonyl (C=O) groups is 2. The first-order valence-corrected chi connectivity index (χ1v) is 6.24. The first-order valence-electron chi connectivity index (χ1n) is 6.24. The predicted molar refractivity (Wildman–Crippen MR) is 84.8 cm³/mol. The molecule has 6 N–H and O–H groups in total. The molecule has 0 rings (SSSR count). The van der Waals surface area contributed by atoms with Crippen LogP contribution in [0.25, 0.3) is 0 Å². The number of nitrogens with zero attached hydrogens (tertiary/aromatic N) is 1. The van der Waals surface area contributed by atoms with E-state index in [1.54, 1.807) is 21.0 Å². The summed E-state index contributed by atoms with van der Waals surface area (Å²) in [5.41, 5.74) is 15.8. The van der Waals surface area contributed by atoms with E-state index in [2.05, 4.69) is 18.9 Å². The van der Waals surface area contributed by atoms with E-state index in [0.717, 1.165) is 0 Å². The highest BCUT2D eigenvalue weighted by Gasteiger charge is 2.11. The molecule has 0 aromatic carbocycles. The van der Waals surface area contributed by atoms with Gasteiger partial charge in [-0.2, -0.15) is 0 Å². The van der Waals surface area contributed by atoms with Crippen molar-refractivity contribution in [3.8, 4) is 0 Å². The minimum atomic E-state index is -0.403. The zero-order chi connectivity index (χ0) is 17.0. The van der Waals surface area contributed by atoms with E-state index in [-0.39, 0.29) is 17.9 Å². The van der Waals surface area contributed by atoms with Crippen molar-refractivity contribution < 1.29 is 9.59 Å². The van der Waals surface area contributed by atoms with Gasteiger partial charge in [-0.3, -0.25) is 9.59 Å². The molecule has 0 aromatic rings. The average Bonchev–Trinajstić information content (AvgIpc) is 2.38. The summed E-state index contributed by atoms with van der Waals surface area (Å²) in [6.07, 6.45) is 0. The number of nitrogens with two attached hydrogens (primary N) is 3. The molecule has 118 valence electrons. The first kappa shape index (κ1) is 23.4. The summed E-state index contributed by atoms with van der Waals surface area (Å²) in [4.78, 5) is 22.8. The number of rotatable bonds is 4. The van der Waals surface area contributed by atoms with Crippen LogP contribution in [0.3, 0.4) is 0 Å². The molecule has 6 nitrogen and oxygen atoms in total. The van der Waals surface area contributed by atoms with Gasteiger partial charge in [0.1, 0.15) is 0 Å². The second kappa shape index (κ2) is 12.4. The molecule has 2 amide bonds. The van der Waals surface area contributed by atoms with Crippen molar-refractivity contribution in [1.29, 1.82) is 0 Å². The monoisotopic (exact) mass is 286 g/mol. The molecule has 0 aromatic heterocycles. The molecule has 0 fully saturated rings. The van der Waals surface area contributed by atoms with E-state index < -0.39 is 5.91 Å². The van der Waals surface area contributed by atoms with Gasteiger partial charge in [-0.25, -0.2) is 0 Å². The van der Waals surface area contributed by atoms with Crippen molar-refractivity contribution in [2.24, 2.45) is 23.1 Å². The Labute approximate surface area is 122 Å². The van der Waals surface area contributed by atoms with Crippen LogP contribution in [-0.2, 0) is 9.59 Å². The summed E-state index contributed by atoms with van der Waals surface area (Å²) in [5, 5.41) is 0. The van der Waals surface area contributed by atoms with Crippen LogP contribution in [0, 0.1) is 5.92 Å². The lowest BCUT2D eigenvalue weighted by Crippen LogP contribution is -2.31. The molecule has 0 aliphatic rings. The van der Waals surface area contributed by atoms with E-state index >= 15 is 0 Å². The number of primary amides is 1. The van der Waals surface area contributed by atoms with Crippen LogP contribution in [0.4, 0.5) is 0 Å². The Hall–Kier alpha value is -1.66. The summed E-state index contributed by atoms with van der Waals surface area (Å²) in [6.45, 7) is 12.5. The second-order valence-electron chi connectivity index (χ2n) is 4.56. The molecular formula is C14H30N4O2. The van der Waals surface area contributed by atoms with E-state index in [9.17, 15) is 9.59 Å². The fraction of sp³-hybridized carbons (Fsp3) is 0.571. The van der Waals surface area contributed by atoms with Crippen molar-refractivity contribution in [2.75, 3.05) is 21.1 Å². The minimum Gasteiger partial charge on any atom is -0.366 e. The molecule has 0 spiro atoms. The zero-order valence-electron chi connectivity index (χ0n) is 13.6. The highest BCUT2D eigenvalue weighted by atomic mass is 16.2. The Balaban J connectivity index is -0.000000262. The van der Waals surface area contributed by atoms with Gasteiger partial charge in [-0.15, -0.1) is 0 Å². The summed E-state index contributed by atoms with van der Waals surface area (Å²) >= 11 is 0. The number of amides is 2. The number of hydrogen-bond acceptors (Lipinski definition) is 4. The van der Waals surface area contributed by atoms with Crippen LogP contribution in [-0.4, -0.2) is 43.9 Å². The van der Waals surface area contributed by atoms with E-state index in [0.29, 0.717) is 11.1 Å². The lowest BCUT2D eigenvalue weighted by Gasteiger charge is -2.14. The van der Waals surface area contributed by atoms with Gasteiger partial charge in [-0.05, 0) is 19.9 Å². The van der Waals surface area contributed by atoms with Crippen molar-refractivity contribution in [3.05, 3.63) is 24.3 Å². The van der Waals surface area contributed by atoms with Gasteiger partial charge in [0.15, 0.2) is 0 Å². The Bertz CT molecular complexity index is 316. The molecule has 6 heteroatoms. The molecule has 1 unspecified atom stereocenters. The maximum absolute atomic E-state index is 11.0. The lowest BCUT2D eigenvalue weighted by atomic mass is 10.1. The highest BCUT2D eigenvalue weighted by Crippen LogP contribution is 2.03. The SMILES string of the molecule is C=C(C(=O)N(C)C)C(C)N.C=C(C(N)=O)C(C)C.CN. The van der Waals surface area contributed by atoms with Crippen molar-refractivity contribution in [1.82, 2.24) is 4.90 Å². The third-order valence-corrected chi connectivity index (χ3v) is 2.24. The largest absolute Gasteiger partial charge is 0.366 e. The maximum Gasteiger partial charge on any atom is 0.250 e. The number of likely N-dealkylation sites (N-methyl/N-ethyl adjacent to an activating group) is 1. The fourth-order valence-electron chi connectivity index (χ4n) is 0.766. The molecule has 0 heterocycles. The van der Waals surface area contributed by atoms with Crippen LogP contribution in [0.2, 0.25) is 0 Å². The van der Waals surface area contributed by atoms with E-state index in [1.807, 2.05) is 13.8 Å². The minimum absolute atomic E-state index is 0.102. The topological polar surface area (TPSA) is 115 Å². The second-order valence-corrected chi connectivity index (χ2v) is 4.56. The van der Waals surface area contributed by atoms with Gasteiger partial charge in [0.05, 0.1) is 0 Å². The van der Waals surface area contributed by atoms with Crippen molar-refractivity contribution >= 4 is 11.8 Å². The molecule has 0 aliphatic carbocycles. The van der Waals surface area contributed by atoms with E-state index in [1.165, 1.54) is 11.9 Å². The van der Waals surface area contributed by atoms with Gasteiger partial charge in [-0.1, -0.05) is 27.0 Å². The van der Waals surface area contributed by atoms with Crippen LogP contribution in [0.1, 0.15) is 20.8 Å². The summed E-state index contributed by atoms with van der Waals surface area (Å²) in [7, 11) is 4.85. The van der Waals surface area contributed by atoms with Crippen LogP contribution < -0.4 is 17.2 Å². The molecule has 0 aliphatic heterocycles. The normalized spacial score (nSPS) is 10.2. The maximum atomic E-state index is 11.0. The van der Waals surface area contributed by atoms with Gasteiger partial charge in [0.2, 0.25) is 11.8 Å². The van der Waals surface area contributed by atoms with Crippen molar-refractivity contribution in [2.45, 2.75) is 26.8 Å². The molecular weight excluding hydrogens is 256 g/mol. The molecule has 20 heavy (non-hydrogen) atoms. The summed E-state index contributed by atoms with van der Waals surface area (Å²) in [5.74, 6) is -0.331. The Kier molecular flexibility index (Phi) is 14.5. The lowest BCUT2D eigenvalue weighted by molar-refractivity contribution is -0.125. The van der Waals surface area contributed by atoms with Crippen LogP contribution in [0.5, 0.6) is 0 Å². The van der Waals surface area contributed by atoms with Crippen LogP contribution in [0.15, 0.2) is 24.3 Å².